The Balaban J connectivity index is 2.44. The van der Waals surface area contributed by atoms with Crippen LogP contribution in [0.2, 0.25) is 0 Å². The predicted octanol–water partition coefficient (Wildman–Crippen LogP) is -2.18. The second kappa shape index (κ2) is 4.14. The van der Waals surface area contributed by atoms with Gasteiger partial charge in [0.1, 0.15) is 0 Å². The molecule has 0 saturated heterocycles. The van der Waals surface area contributed by atoms with Gasteiger partial charge < -0.3 is 0 Å². The highest BCUT2D eigenvalue weighted by atomic mass is 35.7. The van der Waals surface area contributed by atoms with Crippen molar-refractivity contribution in [2.45, 2.75) is 0 Å². The molecule has 0 N–H and O–H groups in total. The van der Waals surface area contributed by atoms with Gasteiger partial charge in [-0.05, 0) is 0 Å². The van der Waals surface area contributed by atoms with E-state index in [0.29, 0.717) is 5.30 Å². The molecule has 0 spiro atoms. The van der Waals surface area contributed by atoms with Crippen LogP contribution in [-0.4, -0.2) is 0 Å². The van der Waals surface area contributed by atoms with E-state index in [1.165, 1.54) is 0 Å². The van der Waals surface area contributed by atoms with Gasteiger partial charge >= 0.3 is 0 Å². The zero-order valence-electron chi connectivity index (χ0n) is 5.90. The Hall–Kier alpha value is -0.220. The number of rotatable bonds is 3. The molecule has 66 valence electrons. The Morgan fingerprint density at radius 1 is 1.08 bits per heavy atom. The zero-order valence-corrected chi connectivity index (χ0v) is 7.65. The lowest BCUT2D eigenvalue weighted by Gasteiger charge is -2.11. The Labute approximate surface area is 73.4 Å². The average molecular weight is 209 g/mol. The van der Waals surface area contributed by atoms with Crippen LogP contribution < -0.4 is 19.3 Å². The Kier molecular flexibility index (Phi) is 3.40. The van der Waals surface area contributed by atoms with Crippen LogP contribution in [0.5, 0.6) is 0 Å². The van der Waals surface area contributed by atoms with Crippen LogP contribution in [-0.2, 0) is 4.08 Å². The largest absolute Gasteiger partial charge is 0.233 e. The first-order valence-electron chi connectivity index (χ1n) is 2.98. The molecule has 0 amide bonds. The van der Waals surface area contributed by atoms with Gasteiger partial charge in [-0.2, -0.15) is 14.0 Å². The molecule has 0 radical (unpaired) electrons. The first-order chi connectivity index (χ1) is 5.58. The number of hydrogen-bond acceptors (Lipinski definition) is 4. The van der Waals surface area contributed by atoms with E-state index in [4.69, 9.17) is 0 Å². The highest BCUT2D eigenvalue weighted by Gasteiger charge is 2.17. The van der Waals surface area contributed by atoms with Crippen LogP contribution in [0, 0.1) is 10.2 Å². The minimum absolute atomic E-state index is 0.457. The van der Waals surface area contributed by atoms with Crippen molar-refractivity contribution in [3.05, 3.63) is 30.3 Å². The van der Waals surface area contributed by atoms with Gasteiger partial charge in [-0.1, -0.05) is 30.3 Å². The summed E-state index contributed by atoms with van der Waals surface area (Å²) in [6, 6.07) is 8.62. The van der Waals surface area contributed by atoms with Gasteiger partial charge in [-0.15, -0.1) is 0 Å². The molecule has 1 aromatic carbocycles. The van der Waals surface area contributed by atoms with Crippen LogP contribution in [0.4, 0.5) is 0 Å². The molecule has 4 nitrogen and oxygen atoms in total. The van der Waals surface area contributed by atoms with Crippen molar-refractivity contribution in [1.82, 2.24) is 0 Å². The van der Waals surface area contributed by atoms with E-state index in [2.05, 4.69) is 4.08 Å². The lowest BCUT2D eigenvalue weighted by atomic mass is 10.4. The Morgan fingerprint density at radius 3 is 2.17 bits per heavy atom. The molecular weight excluding hydrogens is 202 g/mol. The second-order valence-electron chi connectivity index (χ2n) is 1.92. The van der Waals surface area contributed by atoms with Crippen LogP contribution in [0.25, 0.3) is 0 Å². The van der Waals surface area contributed by atoms with Crippen LogP contribution >= 0.6 is 8.81 Å². The Bertz CT molecular complexity index is 235. The van der Waals surface area contributed by atoms with Crippen molar-refractivity contribution in [3.8, 4) is 0 Å². The lowest BCUT2D eigenvalue weighted by molar-refractivity contribution is -1.91. The summed E-state index contributed by atoms with van der Waals surface area (Å²) in [5, 5.41) is 0.671. The van der Waals surface area contributed by atoms with Gasteiger partial charge in [0.15, 0.2) is 0 Å². The summed E-state index contributed by atoms with van der Waals surface area (Å²) in [5.74, 6) is 0. The maximum absolute atomic E-state index is 10.0. The maximum atomic E-state index is 10.0. The fourth-order valence-electron chi connectivity index (χ4n) is 0.598. The van der Waals surface area contributed by atoms with Crippen molar-refractivity contribution < 1.29 is 28.3 Å². The first-order valence-corrected chi connectivity index (χ1v) is 5.12. The molecule has 1 unspecified atom stereocenters. The summed E-state index contributed by atoms with van der Waals surface area (Å²) in [4.78, 5) is 0. The quantitative estimate of drug-likeness (QED) is 0.529. The first kappa shape index (κ1) is 9.86. The van der Waals surface area contributed by atoms with E-state index in [1.807, 2.05) is 0 Å². The summed E-state index contributed by atoms with van der Waals surface area (Å²) < 4.78 is 34.0. The molecule has 0 saturated carbocycles. The van der Waals surface area contributed by atoms with Crippen molar-refractivity contribution in [2.24, 2.45) is 0 Å². The molecule has 0 fully saturated rings. The van der Waals surface area contributed by atoms with Gasteiger partial charge in [-0.3, -0.25) is 0 Å². The number of benzene rings is 1. The number of hydrogen-bond donors (Lipinski definition) is 0. The lowest BCUT2D eigenvalue weighted by Crippen LogP contribution is -2.59. The second-order valence-corrected chi connectivity index (χ2v) is 4.08. The number of halogens is 1. The van der Waals surface area contributed by atoms with E-state index >= 15 is 0 Å². The molecule has 0 aliphatic heterocycles. The molecule has 0 aromatic heterocycles. The third kappa shape index (κ3) is 3.97. The topological polar surface area (TPSA) is 78.4 Å². The molecule has 1 aromatic rings. The third-order valence-electron chi connectivity index (χ3n) is 1.02. The highest BCUT2D eigenvalue weighted by Crippen LogP contribution is 2.14. The van der Waals surface area contributed by atoms with Crippen molar-refractivity contribution in [3.63, 3.8) is 0 Å². The summed E-state index contributed by atoms with van der Waals surface area (Å²) in [5.41, 5.74) is 0. The molecule has 0 bridgehead atoms. The Morgan fingerprint density at radius 2 is 1.67 bits per heavy atom. The third-order valence-corrected chi connectivity index (χ3v) is 2.66. The van der Waals surface area contributed by atoms with Crippen molar-refractivity contribution >= 4 is 14.1 Å². The molecule has 12 heavy (non-hydrogen) atoms. The van der Waals surface area contributed by atoms with Crippen molar-refractivity contribution in [2.75, 3.05) is 0 Å². The van der Waals surface area contributed by atoms with Gasteiger partial charge in [0, 0.05) is 5.30 Å². The summed E-state index contributed by atoms with van der Waals surface area (Å²) in [6.45, 7) is 0. The molecule has 1 atom stereocenters. The van der Waals surface area contributed by atoms with E-state index in [-0.39, 0.29) is 0 Å². The minimum atomic E-state index is -4.30. The van der Waals surface area contributed by atoms with E-state index in [0.717, 1.165) is 0 Å². The molecule has 1 rings (SSSR count). The van der Waals surface area contributed by atoms with E-state index < -0.39 is 19.1 Å². The average Bonchev–Trinajstić information content (AvgIpc) is 2.02. The fourth-order valence-corrected chi connectivity index (χ4v) is 1.66. The molecular formula is C6H6ClO4P. The fraction of sp³-hybridized carbons (Fsp3) is 0. The summed E-state index contributed by atoms with van der Waals surface area (Å²) >= 11 is 0. The van der Waals surface area contributed by atoms with Crippen LogP contribution in [0.3, 0.4) is 0 Å². The summed E-state index contributed by atoms with van der Waals surface area (Å²) in [7, 11) is -4.76. The molecule has 6 heteroatoms. The van der Waals surface area contributed by atoms with Gasteiger partial charge in [0.05, 0.1) is 14.3 Å². The van der Waals surface area contributed by atoms with Crippen molar-refractivity contribution in [1.29, 1.82) is 0 Å². The summed E-state index contributed by atoms with van der Waals surface area (Å²) in [6.07, 6.45) is 0. The highest BCUT2D eigenvalue weighted by molar-refractivity contribution is 7.41. The van der Waals surface area contributed by atoms with Crippen LogP contribution in [0.15, 0.2) is 30.3 Å². The smallest absolute Gasteiger partial charge is 0.183 e. The minimum Gasteiger partial charge on any atom is -0.183 e. The zero-order chi connectivity index (χ0) is 9.03. The van der Waals surface area contributed by atoms with E-state index in [9.17, 15) is 14.0 Å². The van der Waals surface area contributed by atoms with Gasteiger partial charge in [0.25, 0.3) is 0 Å². The molecule has 0 aliphatic carbocycles. The van der Waals surface area contributed by atoms with Gasteiger partial charge in [0.2, 0.25) is 8.81 Å². The molecule has 0 aliphatic rings. The monoisotopic (exact) mass is 208 g/mol. The maximum Gasteiger partial charge on any atom is 0.233 e. The van der Waals surface area contributed by atoms with Gasteiger partial charge in [-0.25, -0.2) is 0 Å². The standard InChI is InChI=1S/C6H6ClO4P/c8-7(9,10)11-12-6-4-2-1-3-5-6/h1-5,12H. The molecule has 0 heterocycles. The SMILES string of the molecule is [O-][Cl+3]([O-])([O-])OPc1ccccc1. The van der Waals surface area contributed by atoms with E-state index in [1.54, 1.807) is 30.3 Å². The van der Waals surface area contributed by atoms with Crippen LogP contribution in [0.1, 0.15) is 0 Å². The predicted molar refractivity (Wildman–Crippen MR) is 35.5 cm³/mol. The normalized spacial score (nSPS) is 12.6.